The number of hydrogen-bond acceptors (Lipinski definition) is 4. The molecule has 0 spiro atoms. The van der Waals surface area contributed by atoms with Crippen molar-refractivity contribution in [3.8, 4) is 0 Å². The van der Waals surface area contributed by atoms with E-state index >= 15 is 0 Å². The lowest BCUT2D eigenvalue weighted by atomic mass is 10.1. The predicted molar refractivity (Wildman–Crippen MR) is 69.8 cm³/mol. The molecule has 2 atom stereocenters. The lowest BCUT2D eigenvalue weighted by Crippen LogP contribution is -2.24. The lowest BCUT2D eigenvalue weighted by molar-refractivity contribution is 0.170. The molecule has 3 nitrogen and oxygen atoms in total. The molecule has 1 heterocycles. The van der Waals surface area contributed by atoms with Gasteiger partial charge in [0.05, 0.1) is 12.1 Å². The molecule has 1 aromatic heterocycles. The van der Waals surface area contributed by atoms with Crippen molar-refractivity contribution in [3.63, 3.8) is 0 Å². The topological polar surface area (TPSA) is 45.1 Å². The van der Waals surface area contributed by atoms with E-state index in [-0.39, 0.29) is 12.6 Å². The van der Waals surface area contributed by atoms with Gasteiger partial charge in [-0.2, -0.15) is 0 Å². The first-order valence-corrected chi connectivity index (χ1v) is 6.71. The number of rotatable bonds is 5. The van der Waals surface area contributed by atoms with Crippen LogP contribution in [0, 0.1) is 11.6 Å². The van der Waals surface area contributed by atoms with Crippen LogP contribution in [0.4, 0.5) is 8.78 Å². The highest BCUT2D eigenvalue weighted by atomic mass is 32.1. The summed E-state index contributed by atoms with van der Waals surface area (Å²) in [5, 5.41) is 15.8. The van der Waals surface area contributed by atoms with Crippen molar-refractivity contribution in [2.45, 2.75) is 19.1 Å². The van der Waals surface area contributed by atoms with E-state index in [1.54, 1.807) is 6.20 Å². The Morgan fingerprint density at radius 2 is 2.16 bits per heavy atom. The van der Waals surface area contributed by atoms with Gasteiger partial charge in [0.2, 0.25) is 0 Å². The number of hydrogen-bond donors (Lipinski definition) is 2. The van der Waals surface area contributed by atoms with E-state index in [0.29, 0.717) is 5.56 Å². The van der Waals surface area contributed by atoms with E-state index in [2.05, 4.69) is 10.3 Å². The molecule has 19 heavy (non-hydrogen) atoms. The zero-order valence-electron chi connectivity index (χ0n) is 10.3. The van der Waals surface area contributed by atoms with Gasteiger partial charge in [-0.05, 0) is 24.6 Å². The number of halogens is 2. The van der Waals surface area contributed by atoms with Crippen molar-refractivity contribution in [1.82, 2.24) is 10.3 Å². The third-order valence-electron chi connectivity index (χ3n) is 2.77. The number of benzene rings is 1. The fourth-order valence-electron chi connectivity index (χ4n) is 1.66. The zero-order valence-corrected chi connectivity index (χ0v) is 11.1. The van der Waals surface area contributed by atoms with E-state index in [1.807, 2.05) is 12.3 Å². The summed E-state index contributed by atoms with van der Waals surface area (Å²) in [5.74, 6) is -1.87. The zero-order chi connectivity index (χ0) is 13.8. The second-order valence-electron chi connectivity index (χ2n) is 4.19. The summed E-state index contributed by atoms with van der Waals surface area (Å²) in [5.41, 5.74) is 0.345. The summed E-state index contributed by atoms with van der Waals surface area (Å²) in [6.07, 6.45) is 0.821. The fourth-order valence-corrected chi connectivity index (χ4v) is 2.33. The monoisotopic (exact) mass is 284 g/mol. The van der Waals surface area contributed by atoms with Crippen LogP contribution in [0.1, 0.15) is 29.6 Å². The number of aliphatic hydroxyl groups excluding tert-OH is 1. The SMILES string of the molecule is CC(NCC(O)c1ccc(F)c(F)c1)c1nccs1. The molecule has 2 rings (SSSR count). The van der Waals surface area contributed by atoms with Crippen LogP contribution >= 0.6 is 11.3 Å². The smallest absolute Gasteiger partial charge is 0.159 e. The summed E-state index contributed by atoms with van der Waals surface area (Å²) in [6, 6.07) is 3.40. The van der Waals surface area contributed by atoms with Crippen LogP contribution in [-0.4, -0.2) is 16.6 Å². The maximum Gasteiger partial charge on any atom is 0.159 e. The Kier molecular flexibility index (Phi) is 4.57. The van der Waals surface area contributed by atoms with E-state index in [9.17, 15) is 13.9 Å². The standard InChI is InChI=1S/C13H14F2N2OS/c1-8(13-16-4-5-19-13)17-7-12(18)9-2-3-10(14)11(15)6-9/h2-6,8,12,17-18H,7H2,1H3. The van der Waals surface area contributed by atoms with Gasteiger partial charge in [-0.25, -0.2) is 13.8 Å². The van der Waals surface area contributed by atoms with Crippen molar-refractivity contribution < 1.29 is 13.9 Å². The molecular weight excluding hydrogens is 270 g/mol. The molecule has 2 unspecified atom stereocenters. The number of nitrogens with zero attached hydrogens (tertiary/aromatic N) is 1. The van der Waals surface area contributed by atoms with E-state index in [4.69, 9.17) is 0 Å². The molecule has 0 saturated heterocycles. The van der Waals surface area contributed by atoms with Gasteiger partial charge in [-0.1, -0.05) is 6.07 Å². The number of aromatic nitrogens is 1. The van der Waals surface area contributed by atoms with Crippen molar-refractivity contribution in [2.75, 3.05) is 6.54 Å². The molecule has 0 aliphatic heterocycles. The summed E-state index contributed by atoms with van der Waals surface area (Å²) < 4.78 is 25.8. The highest BCUT2D eigenvalue weighted by molar-refractivity contribution is 7.09. The fraction of sp³-hybridized carbons (Fsp3) is 0.308. The Morgan fingerprint density at radius 3 is 2.79 bits per heavy atom. The Bertz CT molecular complexity index is 533. The second kappa shape index (κ2) is 6.18. The van der Waals surface area contributed by atoms with Crippen molar-refractivity contribution in [3.05, 3.63) is 52.0 Å². The first-order valence-electron chi connectivity index (χ1n) is 5.83. The molecule has 0 aliphatic rings. The van der Waals surface area contributed by atoms with Crippen LogP contribution in [-0.2, 0) is 0 Å². The second-order valence-corrected chi connectivity index (χ2v) is 5.12. The lowest BCUT2D eigenvalue weighted by Gasteiger charge is -2.16. The van der Waals surface area contributed by atoms with Gasteiger partial charge < -0.3 is 10.4 Å². The maximum absolute atomic E-state index is 13.0. The van der Waals surface area contributed by atoms with E-state index in [1.165, 1.54) is 17.4 Å². The molecule has 1 aromatic carbocycles. The molecule has 0 radical (unpaired) electrons. The van der Waals surface area contributed by atoms with E-state index in [0.717, 1.165) is 17.1 Å². The molecule has 2 N–H and O–H groups in total. The Morgan fingerprint density at radius 1 is 1.37 bits per heavy atom. The minimum Gasteiger partial charge on any atom is -0.387 e. The minimum atomic E-state index is -0.954. The maximum atomic E-state index is 13.0. The molecule has 0 aliphatic carbocycles. The average Bonchev–Trinajstić information content (AvgIpc) is 2.92. The Balaban J connectivity index is 1.93. The molecular formula is C13H14F2N2OS. The van der Waals surface area contributed by atoms with Crippen molar-refractivity contribution >= 4 is 11.3 Å². The van der Waals surface area contributed by atoms with Crippen LogP contribution in [0.15, 0.2) is 29.8 Å². The minimum absolute atomic E-state index is 0.0000507. The molecule has 0 amide bonds. The van der Waals surface area contributed by atoms with Crippen LogP contribution in [0.3, 0.4) is 0 Å². The summed E-state index contributed by atoms with van der Waals surface area (Å²) in [6.45, 7) is 2.17. The third kappa shape index (κ3) is 3.56. The quantitative estimate of drug-likeness (QED) is 0.887. The highest BCUT2D eigenvalue weighted by Crippen LogP contribution is 2.18. The molecule has 0 bridgehead atoms. The van der Waals surface area contributed by atoms with E-state index < -0.39 is 17.7 Å². The largest absolute Gasteiger partial charge is 0.387 e. The van der Waals surface area contributed by atoms with Gasteiger partial charge in [0, 0.05) is 18.1 Å². The van der Waals surface area contributed by atoms with Crippen LogP contribution in [0.25, 0.3) is 0 Å². The van der Waals surface area contributed by atoms with Gasteiger partial charge in [0.15, 0.2) is 11.6 Å². The Labute approximate surface area is 113 Å². The van der Waals surface area contributed by atoms with Gasteiger partial charge in [-0.3, -0.25) is 0 Å². The van der Waals surface area contributed by atoms with Gasteiger partial charge in [0.1, 0.15) is 5.01 Å². The van der Waals surface area contributed by atoms with Crippen LogP contribution in [0.5, 0.6) is 0 Å². The van der Waals surface area contributed by atoms with Gasteiger partial charge in [0.25, 0.3) is 0 Å². The van der Waals surface area contributed by atoms with Crippen molar-refractivity contribution in [1.29, 1.82) is 0 Å². The van der Waals surface area contributed by atoms with Crippen LogP contribution in [0.2, 0.25) is 0 Å². The Hall–Kier alpha value is -1.37. The van der Waals surface area contributed by atoms with Gasteiger partial charge in [-0.15, -0.1) is 11.3 Å². The summed E-state index contributed by atoms with van der Waals surface area (Å²) in [4.78, 5) is 4.16. The van der Waals surface area contributed by atoms with Gasteiger partial charge >= 0.3 is 0 Å². The molecule has 6 heteroatoms. The first kappa shape index (κ1) is 14.0. The molecule has 0 saturated carbocycles. The normalized spacial score (nSPS) is 14.3. The summed E-state index contributed by atoms with van der Waals surface area (Å²) in [7, 11) is 0. The van der Waals surface area contributed by atoms with Crippen LogP contribution < -0.4 is 5.32 Å². The predicted octanol–water partition coefficient (Wildman–Crippen LogP) is 2.81. The number of aliphatic hydroxyl groups is 1. The third-order valence-corrected chi connectivity index (χ3v) is 3.73. The number of nitrogens with one attached hydrogen (secondary N) is 1. The first-order chi connectivity index (χ1) is 9.08. The number of thiazole rings is 1. The molecule has 2 aromatic rings. The molecule has 102 valence electrons. The van der Waals surface area contributed by atoms with Crippen molar-refractivity contribution in [2.24, 2.45) is 0 Å². The highest BCUT2D eigenvalue weighted by Gasteiger charge is 2.13. The average molecular weight is 284 g/mol. The summed E-state index contributed by atoms with van der Waals surface area (Å²) >= 11 is 1.52. The molecule has 0 fully saturated rings.